The van der Waals surface area contributed by atoms with Crippen LogP contribution in [-0.2, 0) is 4.79 Å². The molecule has 2 heterocycles. The first-order valence-corrected chi connectivity index (χ1v) is 10.8. The lowest BCUT2D eigenvalue weighted by molar-refractivity contribution is -0.384. The summed E-state index contributed by atoms with van der Waals surface area (Å²) in [5.74, 6) is -0.180. The van der Waals surface area contributed by atoms with Gasteiger partial charge < -0.3 is 5.32 Å². The van der Waals surface area contributed by atoms with Crippen molar-refractivity contribution in [3.63, 3.8) is 0 Å². The molecule has 0 fully saturated rings. The van der Waals surface area contributed by atoms with E-state index >= 15 is 0 Å². The number of nitro groups is 1. The largest absolute Gasteiger partial charge is 0.325 e. The van der Waals surface area contributed by atoms with E-state index in [1.165, 1.54) is 23.9 Å². The lowest BCUT2D eigenvalue weighted by atomic mass is 10.2. The van der Waals surface area contributed by atoms with Crippen molar-refractivity contribution in [3.8, 4) is 0 Å². The van der Waals surface area contributed by atoms with Crippen LogP contribution in [0, 0.1) is 17.0 Å². The smallest absolute Gasteiger partial charge is 0.271 e. The summed E-state index contributed by atoms with van der Waals surface area (Å²) in [6.45, 7) is 1.79. The maximum absolute atomic E-state index is 12.7. The van der Waals surface area contributed by atoms with Crippen molar-refractivity contribution < 1.29 is 9.72 Å². The predicted molar refractivity (Wildman–Crippen MR) is 125 cm³/mol. The fourth-order valence-corrected chi connectivity index (χ4v) is 4.39. The first-order chi connectivity index (χ1) is 15.5. The first-order valence-electron chi connectivity index (χ1n) is 9.85. The van der Waals surface area contributed by atoms with Gasteiger partial charge >= 0.3 is 0 Å². The molecule has 5 rings (SSSR count). The maximum atomic E-state index is 12.7. The first kappa shape index (κ1) is 20.0. The van der Waals surface area contributed by atoms with Gasteiger partial charge in [0.05, 0.1) is 32.9 Å². The van der Waals surface area contributed by atoms with E-state index in [0.717, 1.165) is 33.1 Å². The Morgan fingerprint density at radius 3 is 2.62 bits per heavy atom. The Hall–Kier alpha value is -3.98. The highest BCUT2D eigenvalue weighted by Gasteiger charge is 2.16. The van der Waals surface area contributed by atoms with Crippen LogP contribution in [0.1, 0.15) is 5.56 Å². The average molecular weight is 443 g/mol. The number of benzene rings is 3. The number of amides is 1. The molecule has 0 unspecified atom stereocenters. The van der Waals surface area contributed by atoms with E-state index in [-0.39, 0.29) is 17.3 Å². The van der Waals surface area contributed by atoms with Crippen LogP contribution in [0.2, 0.25) is 0 Å². The van der Waals surface area contributed by atoms with Crippen molar-refractivity contribution in [2.24, 2.45) is 0 Å². The molecule has 0 radical (unpaired) electrons. The fraction of sp³-hybridized carbons (Fsp3) is 0.0870. The van der Waals surface area contributed by atoms with Crippen molar-refractivity contribution >= 4 is 56.6 Å². The highest BCUT2D eigenvalue weighted by molar-refractivity contribution is 7.99. The molecule has 0 aliphatic heterocycles. The minimum atomic E-state index is -0.482. The number of hydrogen-bond acceptors (Lipinski definition) is 6. The summed E-state index contributed by atoms with van der Waals surface area (Å²) in [4.78, 5) is 32.8. The van der Waals surface area contributed by atoms with Gasteiger partial charge in [-0.05, 0) is 36.8 Å². The third kappa shape index (κ3) is 3.52. The number of para-hydroxylation sites is 3. The van der Waals surface area contributed by atoms with Gasteiger partial charge in [-0.3, -0.25) is 19.3 Å². The lowest BCUT2D eigenvalue weighted by Gasteiger charge is -2.10. The van der Waals surface area contributed by atoms with E-state index in [0.29, 0.717) is 10.8 Å². The molecule has 0 atom stereocenters. The summed E-state index contributed by atoms with van der Waals surface area (Å²) >= 11 is 1.29. The van der Waals surface area contributed by atoms with E-state index < -0.39 is 4.92 Å². The Kier molecular flexibility index (Phi) is 4.95. The molecule has 9 heteroatoms. The van der Waals surface area contributed by atoms with Crippen LogP contribution in [0.5, 0.6) is 0 Å². The zero-order valence-corrected chi connectivity index (χ0v) is 17.8. The zero-order chi connectivity index (χ0) is 22.2. The van der Waals surface area contributed by atoms with E-state index in [1.807, 2.05) is 52.9 Å². The topological polar surface area (TPSA) is 102 Å². The maximum Gasteiger partial charge on any atom is 0.271 e. The number of thioether (sulfide) groups is 1. The zero-order valence-electron chi connectivity index (χ0n) is 17.0. The number of aryl methyl sites for hydroxylation is 1. The monoisotopic (exact) mass is 443 g/mol. The van der Waals surface area contributed by atoms with Gasteiger partial charge in [-0.25, -0.2) is 9.97 Å². The van der Waals surface area contributed by atoms with Crippen LogP contribution in [0.25, 0.3) is 27.6 Å². The van der Waals surface area contributed by atoms with Gasteiger partial charge in [0.1, 0.15) is 5.65 Å². The lowest BCUT2D eigenvalue weighted by Crippen LogP contribution is -2.15. The van der Waals surface area contributed by atoms with Crippen molar-refractivity contribution in [3.05, 3.63) is 82.4 Å². The summed E-state index contributed by atoms with van der Waals surface area (Å²) in [5, 5.41) is 15.4. The molecule has 0 saturated heterocycles. The number of aromatic nitrogens is 3. The van der Waals surface area contributed by atoms with Crippen LogP contribution in [0.15, 0.2) is 71.9 Å². The second kappa shape index (κ2) is 7.93. The summed E-state index contributed by atoms with van der Waals surface area (Å²) in [6, 6.07) is 20.0. The third-order valence-electron chi connectivity index (χ3n) is 5.15. The summed E-state index contributed by atoms with van der Waals surface area (Å²) in [5.41, 5.74) is 4.46. The molecule has 2 aromatic heterocycles. The molecule has 8 nitrogen and oxygen atoms in total. The van der Waals surface area contributed by atoms with Crippen LogP contribution in [0.4, 0.5) is 11.4 Å². The molecule has 0 aliphatic carbocycles. The number of imidazole rings is 1. The Bertz CT molecular complexity index is 1530. The predicted octanol–water partition coefficient (Wildman–Crippen LogP) is 4.98. The fourth-order valence-electron chi connectivity index (χ4n) is 3.58. The number of fused-ring (bicyclic) bond motifs is 5. The summed E-state index contributed by atoms with van der Waals surface area (Å²) < 4.78 is 1.97. The van der Waals surface area contributed by atoms with Crippen molar-refractivity contribution in [2.45, 2.75) is 12.1 Å². The minimum Gasteiger partial charge on any atom is -0.325 e. The average Bonchev–Trinajstić information content (AvgIpc) is 3.19. The number of anilines is 1. The van der Waals surface area contributed by atoms with E-state index in [2.05, 4.69) is 5.32 Å². The van der Waals surface area contributed by atoms with E-state index in [9.17, 15) is 14.9 Å². The van der Waals surface area contributed by atoms with Crippen molar-refractivity contribution in [1.82, 2.24) is 14.4 Å². The number of carbonyl (C=O) groups is 1. The quantitative estimate of drug-likeness (QED) is 0.178. The molecule has 0 bridgehead atoms. The van der Waals surface area contributed by atoms with Gasteiger partial charge in [0.2, 0.25) is 5.91 Å². The number of nitrogens with zero attached hydrogens (tertiary/aromatic N) is 4. The second-order valence-electron chi connectivity index (χ2n) is 7.26. The minimum absolute atomic E-state index is 0.0682. The molecular weight excluding hydrogens is 426 g/mol. The summed E-state index contributed by atoms with van der Waals surface area (Å²) in [6.07, 6.45) is 0. The van der Waals surface area contributed by atoms with Crippen molar-refractivity contribution in [2.75, 3.05) is 11.1 Å². The third-order valence-corrected chi connectivity index (χ3v) is 6.09. The number of hydrogen-bond donors (Lipinski definition) is 1. The second-order valence-corrected chi connectivity index (χ2v) is 8.21. The van der Waals surface area contributed by atoms with Gasteiger partial charge in [0.25, 0.3) is 5.69 Å². The summed E-state index contributed by atoms with van der Waals surface area (Å²) in [7, 11) is 0. The van der Waals surface area contributed by atoms with Gasteiger partial charge in [0.15, 0.2) is 5.16 Å². The highest BCUT2D eigenvalue weighted by atomic mass is 32.2. The Labute approximate surface area is 186 Å². The van der Waals surface area contributed by atoms with Gasteiger partial charge in [0, 0.05) is 17.5 Å². The highest BCUT2D eigenvalue weighted by Crippen LogP contribution is 2.29. The van der Waals surface area contributed by atoms with Gasteiger partial charge in [-0.15, -0.1) is 0 Å². The van der Waals surface area contributed by atoms with Gasteiger partial charge in [-0.2, -0.15) is 0 Å². The molecule has 1 amide bonds. The van der Waals surface area contributed by atoms with Crippen LogP contribution < -0.4 is 5.32 Å². The molecule has 0 spiro atoms. The van der Waals surface area contributed by atoms with Crippen molar-refractivity contribution in [1.29, 1.82) is 0 Å². The van der Waals surface area contributed by atoms with E-state index in [4.69, 9.17) is 9.97 Å². The van der Waals surface area contributed by atoms with E-state index in [1.54, 1.807) is 13.0 Å². The number of carbonyl (C=O) groups excluding carboxylic acids is 1. The molecule has 3 aromatic carbocycles. The normalized spacial score (nSPS) is 11.3. The molecule has 0 saturated carbocycles. The Balaban J connectivity index is 1.48. The standard InChI is InChI=1S/C23H17N5O3S/c1-14-10-11-15(28(30)31)12-19(14)24-21(29)13-32-23-26-17-7-3-2-6-16(17)22-25-18-8-4-5-9-20(18)27(22)23/h2-12H,13H2,1H3,(H,24,29). The number of rotatable bonds is 5. The molecular formula is C23H17N5O3S. The number of nitro benzene ring substituents is 1. The Morgan fingerprint density at radius 1 is 1.06 bits per heavy atom. The molecule has 0 aliphatic rings. The van der Waals surface area contributed by atoms with Crippen LogP contribution in [-0.4, -0.2) is 31.0 Å². The Morgan fingerprint density at radius 2 is 1.81 bits per heavy atom. The SMILES string of the molecule is Cc1ccc([N+](=O)[O-])cc1NC(=O)CSc1nc2ccccc2c2nc3ccccc3n12. The molecule has 5 aromatic rings. The molecule has 158 valence electrons. The molecule has 32 heavy (non-hydrogen) atoms. The molecule has 1 N–H and O–H groups in total. The number of nitrogens with one attached hydrogen (secondary N) is 1. The van der Waals surface area contributed by atoms with Crippen LogP contribution >= 0.6 is 11.8 Å². The van der Waals surface area contributed by atoms with Crippen LogP contribution in [0.3, 0.4) is 0 Å². The number of non-ortho nitro benzene ring substituents is 1. The van der Waals surface area contributed by atoms with Gasteiger partial charge in [-0.1, -0.05) is 42.1 Å².